The van der Waals surface area contributed by atoms with E-state index in [0.717, 1.165) is 54.9 Å². The fourth-order valence-corrected chi connectivity index (χ4v) is 6.07. The zero-order chi connectivity index (χ0) is 28.9. The van der Waals surface area contributed by atoms with Crippen molar-refractivity contribution >= 4 is 11.6 Å². The molecule has 42 heavy (non-hydrogen) atoms. The van der Waals surface area contributed by atoms with Crippen molar-refractivity contribution in [3.05, 3.63) is 137 Å². The van der Waals surface area contributed by atoms with Gasteiger partial charge < -0.3 is 4.90 Å². The highest BCUT2D eigenvalue weighted by molar-refractivity contribution is 6.31. The zero-order valence-electron chi connectivity index (χ0n) is 23.3. The monoisotopic (exact) mass is 579 g/mol. The number of piperidine rings is 1. The number of pyridine rings is 1. The van der Waals surface area contributed by atoms with Gasteiger partial charge >= 0.3 is 0 Å². The van der Waals surface area contributed by atoms with E-state index in [1.54, 1.807) is 11.0 Å². The molecule has 0 amide bonds. The van der Waals surface area contributed by atoms with Crippen LogP contribution in [0.5, 0.6) is 0 Å². The second kappa shape index (κ2) is 12.7. The summed E-state index contributed by atoms with van der Waals surface area (Å²) in [6, 6.07) is 29.5. The molecule has 1 saturated heterocycles. The van der Waals surface area contributed by atoms with Crippen LogP contribution in [0.2, 0.25) is 5.02 Å². The third kappa shape index (κ3) is 6.11. The van der Waals surface area contributed by atoms with Gasteiger partial charge in [0, 0.05) is 52.7 Å². The predicted octanol–water partition coefficient (Wildman–Crippen LogP) is 6.83. The zero-order valence-corrected chi connectivity index (χ0v) is 24.1. The van der Waals surface area contributed by atoms with Crippen LogP contribution in [0.3, 0.4) is 0 Å². The van der Waals surface area contributed by atoms with Crippen LogP contribution in [-0.4, -0.2) is 45.2 Å². The van der Waals surface area contributed by atoms with Gasteiger partial charge in [-0.2, -0.15) is 0 Å². The Morgan fingerprint density at radius 1 is 1.02 bits per heavy atom. The first-order valence-electron chi connectivity index (χ1n) is 14.3. The number of nitrogens with zero attached hydrogens (tertiary/aromatic N) is 5. The molecule has 212 valence electrons. The molecular formula is C34H33ClFN6+. The van der Waals surface area contributed by atoms with Gasteiger partial charge in [-0.3, -0.25) is 4.98 Å². The van der Waals surface area contributed by atoms with Crippen molar-refractivity contribution < 1.29 is 9.07 Å². The van der Waals surface area contributed by atoms with Gasteiger partial charge in [-0.05, 0) is 66.1 Å². The van der Waals surface area contributed by atoms with E-state index in [4.69, 9.17) is 16.6 Å². The van der Waals surface area contributed by atoms with E-state index in [0.29, 0.717) is 16.6 Å². The van der Waals surface area contributed by atoms with Gasteiger partial charge in [0.1, 0.15) is 17.5 Å². The highest BCUT2D eigenvalue weighted by atomic mass is 35.5. The average molecular weight is 580 g/mol. The fourth-order valence-electron chi connectivity index (χ4n) is 5.90. The first-order chi connectivity index (χ1) is 20.6. The van der Waals surface area contributed by atoms with Crippen LogP contribution in [-0.2, 0) is 6.42 Å². The maximum Gasteiger partial charge on any atom is 0.293 e. The van der Waals surface area contributed by atoms with Crippen molar-refractivity contribution in [3.8, 4) is 16.8 Å². The summed E-state index contributed by atoms with van der Waals surface area (Å²) < 4.78 is 14.9. The summed E-state index contributed by atoms with van der Waals surface area (Å²) in [6.07, 6.45) is 6.36. The van der Waals surface area contributed by atoms with E-state index in [2.05, 4.69) is 87.7 Å². The second-order valence-corrected chi connectivity index (χ2v) is 11.2. The molecule has 6 rings (SSSR count). The lowest BCUT2D eigenvalue weighted by atomic mass is 9.84. The first kappa shape index (κ1) is 27.8. The van der Waals surface area contributed by atoms with Crippen LogP contribution >= 0.6 is 11.6 Å². The van der Waals surface area contributed by atoms with E-state index < -0.39 is 6.67 Å². The Hall–Kier alpha value is -4.36. The highest BCUT2D eigenvalue weighted by Crippen LogP contribution is 2.35. The summed E-state index contributed by atoms with van der Waals surface area (Å²) in [5.74, 6) is 0.523. The number of aromatic nitrogens is 5. The largest absolute Gasteiger partial charge is 0.373 e. The summed E-state index contributed by atoms with van der Waals surface area (Å²) in [5.41, 5.74) is 8.20. The number of hydrogen-bond acceptors (Lipinski definition) is 4. The predicted molar refractivity (Wildman–Crippen MR) is 163 cm³/mol. The molecule has 5 aromatic rings. The molecule has 0 aliphatic carbocycles. The van der Waals surface area contributed by atoms with Gasteiger partial charge in [0.05, 0.1) is 0 Å². The fraction of sp³-hybridized carbons (Fsp3) is 0.235. The van der Waals surface area contributed by atoms with Crippen LogP contribution in [0.25, 0.3) is 16.8 Å². The summed E-state index contributed by atoms with van der Waals surface area (Å²) in [6.45, 7) is 5.08. The van der Waals surface area contributed by atoms with Crippen molar-refractivity contribution in [1.29, 1.82) is 0 Å². The van der Waals surface area contributed by atoms with Crippen molar-refractivity contribution in [3.63, 3.8) is 0 Å². The molecule has 0 radical (unpaired) electrons. The number of benzene rings is 3. The minimum atomic E-state index is -0.481. The Bertz CT molecular complexity index is 1630. The molecule has 3 heterocycles. The molecule has 0 bridgehead atoms. The topological polar surface area (TPSA) is 61.6 Å². The lowest BCUT2D eigenvalue weighted by Gasteiger charge is -2.34. The van der Waals surface area contributed by atoms with E-state index in [1.807, 2.05) is 30.5 Å². The van der Waals surface area contributed by atoms with Crippen LogP contribution < -0.4 is 4.68 Å². The number of aromatic amines is 1. The number of rotatable bonds is 9. The first-order valence-corrected chi connectivity index (χ1v) is 14.6. The minimum Gasteiger partial charge on any atom is -0.373 e. The van der Waals surface area contributed by atoms with Crippen molar-refractivity contribution in [1.82, 2.24) is 25.4 Å². The van der Waals surface area contributed by atoms with Crippen LogP contribution in [0.4, 0.5) is 4.39 Å². The van der Waals surface area contributed by atoms with Gasteiger partial charge in [-0.1, -0.05) is 84.1 Å². The molecule has 0 saturated carbocycles. The number of H-pyrrole nitrogens is 1. The van der Waals surface area contributed by atoms with Gasteiger partial charge in [0.15, 0.2) is 5.21 Å². The summed E-state index contributed by atoms with van der Waals surface area (Å²) >= 11 is 6.40. The quantitative estimate of drug-likeness (QED) is 0.194. The smallest absolute Gasteiger partial charge is 0.293 e. The van der Waals surface area contributed by atoms with E-state index in [9.17, 15) is 4.39 Å². The molecule has 1 N–H and O–H groups in total. The van der Waals surface area contributed by atoms with Crippen molar-refractivity contribution in [2.24, 2.45) is 0 Å². The third-order valence-corrected chi connectivity index (χ3v) is 8.45. The summed E-state index contributed by atoms with van der Waals surface area (Å²) in [5, 5.41) is 11.3. The molecule has 2 aromatic heterocycles. The number of halogens is 2. The van der Waals surface area contributed by atoms with Crippen LogP contribution in [0, 0.1) is 0 Å². The normalized spacial score (nSPS) is 14.6. The Morgan fingerprint density at radius 3 is 2.57 bits per heavy atom. The van der Waals surface area contributed by atoms with Gasteiger partial charge in [-0.25, -0.2) is 4.39 Å². The molecule has 6 nitrogen and oxygen atoms in total. The Balaban J connectivity index is 1.31. The van der Waals surface area contributed by atoms with Crippen molar-refractivity contribution in [2.75, 3.05) is 19.8 Å². The molecular weight excluding hydrogens is 547 g/mol. The molecule has 1 fully saturated rings. The Kier molecular flexibility index (Phi) is 8.38. The molecule has 1 aliphatic rings. The summed E-state index contributed by atoms with van der Waals surface area (Å²) in [7, 11) is 0. The third-order valence-electron chi connectivity index (χ3n) is 8.21. The molecule has 1 aliphatic heterocycles. The Labute approximate surface area is 250 Å². The van der Waals surface area contributed by atoms with Crippen LogP contribution in [0.1, 0.15) is 47.1 Å². The number of nitrogens with one attached hydrogen (secondary N) is 1. The molecule has 1 atom stereocenters. The molecule has 0 spiro atoms. The second-order valence-electron chi connectivity index (χ2n) is 10.8. The number of allylic oxidation sites excluding steroid dienone is 1. The average Bonchev–Trinajstić information content (AvgIpc) is 3.59. The Morgan fingerprint density at radius 2 is 1.86 bits per heavy atom. The molecule has 3 aromatic carbocycles. The maximum absolute atomic E-state index is 13.1. The SMILES string of the molecule is C=C(CF)N1CCC(c2cccc([C@H](Cc3ccccc3)c3ccc(-c4cc(Cl)ccc4-[n+]4cnn[nH]4)cn3)c2)CC1. The van der Waals surface area contributed by atoms with E-state index in [1.165, 1.54) is 16.7 Å². The minimum absolute atomic E-state index is 0.0813. The maximum atomic E-state index is 13.1. The van der Waals surface area contributed by atoms with E-state index >= 15 is 0 Å². The molecule has 0 unspecified atom stereocenters. The van der Waals surface area contributed by atoms with Crippen molar-refractivity contribution in [2.45, 2.75) is 31.1 Å². The number of likely N-dealkylation sites (tertiary alicyclic amines) is 1. The van der Waals surface area contributed by atoms with Gasteiger partial charge in [0.25, 0.3) is 6.33 Å². The van der Waals surface area contributed by atoms with Gasteiger partial charge in [0.2, 0.25) is 0 Å². The lowest BCUT2D eigenvalue weighted by Crippen LogP contribution is -2.32. The number of hydrogen-bond donors (Lipinski definition) is 1. The standard InChI is InChI=1S/C34H32ClFN6/c1-24(21-36)41-16-14-26(15-17-41)27-8-5-9-28(19-27)31(18-25-6-3-2-4-7-25)33-12-10-29(22-37-33)32-20-30(35)11-13-34(32)42-23-38-39-40-42/h2-13,19-20,22-23,26,31H,1,14-18,21H2/p+1/t31-/m0/s1. The molecule has 8 heteroatoms. The number of tetrazole rings is 1. The van der Waals surface area contributed by atoms with E-state index in [-0.39, 0.29) is 5.92 Å². The number of alkyl halides is 1. The van der Waals surface area contributed by atoms with Gasteiger partial charge in [-0.15, -0.1) is 4.68 Å². The van der Waals surface area contributed by atoms with Crippen LogP contribution in [0.15, 0.2) is 110 Å². The lowest BCUT2D eigenvalue weighted by molar-refractivity contribution is -0.659. The highest BCUT2D eigenvalue weighted by Gasteiger charge is 2.24. The summed E-state index contributed by atoms with van der Waals surface area (Å²) in [4.78, 5) is 7.10.